The fraction of sp³-hybridized carbons (Fsp3) is 0. The zero-order valence-electron chi connectivity index (χ0n) is 13.6. The summed E-state index contributed by atoms with van der Waals surface area (Å²) in [6, 6.07) is 20.0. The number of fused-ring (bicyclic) bond motifs is 2. The van der Waals surface area contributed by atoms with Gasteiger partial charge in [-0.1, -0.05) is 48.5 Å². The minimum Gasteiger partial charge on any atom is -0.332 e. The van der Waals surface area contributed by atoms with Crippen LogP contribution < -0.4 is 0 Å². The van der Waals surface area contributed by atoms with Gasteiger partial charge in [-0.15, -0.1) is 0 Å². The Labute approximate surface area is 149 Å². The zero-order chi connectivity index (χ0) is 17.6. The van der Waals surface area contributed by atoms with E-state index >= 15 is 0 Å². The Kier molecular flexibility index (Phi) is 2.35. The van der Waals surface area contributed by atoms with Crippen molar-refractivity contribution < 1.29 is 9.59 Å². The Morgan fingerprint density at radius 3 is 1.62 bits per heavy atom. The van der Waals surface area contributed by atoms with Crippen LogP contribution in [0.4, 0.5) is 0 Å². The lowest BCUT2D eigenvalue weighted by Crippen LogP contribution is -2.38. The van der Waals surface area contributed by atoms with Crippen LogP contribution >= 0.6 is 0 Å². The molecule has 0 unspecified atom stereocenters. The maximum Gasteiger partial charge on any atom is 0.248 e. The van der Waals surface area contributed by atoms with Gasteiger partial charge < -0.3 is 4.81 Å². The average Bonchev–Trinajstić information content (AvgIpc) is 2.68. The van der Waals surface area contributed by atoms with E-state index in [4.69, 9.17) is 7.98 Å². The van der Waals surface area contributed by atoms with Gasteiger partial charge >= 0.3 is 0 Å². The summed E-state index contributed by atoms with van der Waals surface area (Å²) in [5.41, 5.74) is 0.962. The smallest absolute Gasteiger partial charge is 0.248 e. The molecule has 0 bridgehead atoms. The van der Waals surface area contributed by atoms with E-state index in [9.17, 15) is 9.59 Å². The number of amides is 2. The van der Waals surface area contributed by atoms with E-state index in [2.05, 4.69) is 24.3 Å². The number of rotatable bonds is 0. The molecule has 0 aromatic heterocycles. The lowest BCUT2D eigenvalue weighted by molar-refractivity contribution is 0.0727. The molecule has 0 saturated heterocycles. The molecule has 0 N–H and O–H groups in total. The third-order valence-corrected chi connectivity index (χ3v) is 5.54. The van der Waals surface area contributed by atoms with E-state index in [0.29, 0.717) is 21.3 Å². The number of imide groups is 1. The normalized spacial score (nSPS) is 14.4. The second-order valence-electron chi connectivity index (χ2n) is 6.76. The summed E-state index contributed by atoms with van der Waals surface area (Å²) in [5.74, 6) is -0.911. The van der Waals surface area contributed by atoms with Crippen molar-refractivity contribution in [3.8, 4) is 0 Å². The summed E-state index contributed by atoms with van der Waals surface area (Å²) in [6.07, 6.45) is 0. The summed E-state index contributed by atoms with van der Waals surface area (Å²) >= 11 is 0. The van der Waals surface area contributed by atoms with Gasteiger partial charge in [0, 0.05) is 16.5 Å². The largest absolute Gasteiger partial charge is 0.332 e. The quantitative estimate of drug-likeness (QED) is 0.182. The van der Waals surface area contributed by atoms with E-state index in [0.717, 1.165) is 26.9 Å². The minimum atomic E-state index is -0.455. The molecule has 3 nitrogen and oxygen atoms in total. The molecule has 1 aliphatic heterocycles. The van der Waals surface area contributed by atoms with Gasteiger partial charge in [0.15, 0.2) is 0 Å². The maximum absolute atomic E-state index is 12.6. The molecule has 1 aliphatic rings. The molecular formula is C22H10BNO2. The molecule has 5 aromatic rings. The number of nitrogens with zero attached hydrogens (tertiary/aromatic N) is 1. The van der Waals surface area contributed by atoms with Crippen LogP contribution in [0.2, 0.25) is 0 Å². The highest BCUT2D eigenvalue weighted by Crippen LogP contribution is 2.43. The second kappa shape index (κ2) is 4.41. The highest BCUT2D eigenvalue weighted by atomic mass is 16.2. The Morgan fingerprint density at radius 1 is 0.577 bits per heavy atom. The Hall–Kier alpha value is -3.40. The van der Waals surface area contributed by atoms with Crippen LogP contribution in [0.5, 0.6) is 0 Å². The first-order valence-electron chi connectivity index (χ1n) is 8.42. The summed E-state index contributed by atoms with van der Waals surface area (Å²) in [6.45, 7) is 0. The van der Waals surface area contributed by atoms with E-state index in [1.807, 2.05) is 24.3 Å². The average molecular weight is 331 g/mol. The minimum absolute atomic E-state index is 0.455. The molecule has 1 heterocycles. The molecule has 0 fully saturated rings. The topological polar surface area (TPSA) is 37.4 Å². The standard InChI is InChI=1S/C22H10BNO2/c23-24-21(25)16-9-7-14-12-5-1-3-11-4-2-6-13(18(11)12)15-8-10-17(22(24)26)20(16)19(14)15/h1-10H. The van der Waals surface area contributed by atoms with Gasteiger partial charge in [0.05, 0.1) is 0 Å². The van der Waals surface area contributed by atoms with Crippen molar-refractivity contribution in [2.75, 3.05) is 0 Å². The number of carbonyl (C=O) groups is 2. The molecule has 118 valence electrons. The summed E-state index contributed by atoms with van der Waals surface area (Å²) in [5, 5.41) is 8.42. The third kappa shape index (κ3) is 1.42. The Morgan fingerprint density at radius 2 is 1.08 bits per heavy atom. The second-order valence-corrected chi connectivity index (χ2v) is 6.76. The van der Waals surface area contributed by atoms with Crippen LogP contribution in [0, 0.1) is 0 Å². The van der Waals surface area contributed by atoms with Crippen molar-refractivity contribution in [3.63, 3.8) is 0 Å². The van der Waals surface area contributed by atoms with Crippen molar-refractivity contribution in [1.82, 2.24) is 4.81 Å². The van der Waals surface area contributed by atoms with Crippen LogP contribution in [-0.4, -0.2) is 24.6 Å². The van der Waals surface area contributed by atoms with E-state index in [1.165, 1.54) is 10.8 Å². The Bertz CT molecular complexity index is 1340. The molecule has 0 saturated carbocycles. The molecule has 2 amide bonds. The molecule has 0 aliphatic carbocycles. The molecule has 6 rings (SSSR count). The van der Waals surface area contributed by atoms with Crippen LogP contribution in [-0.2, 0) is 0 Å². The van der Waals surface area contributed by atoms with E-state index < -0.39 is 11.8 Å². The van der Waals surface area contributed by atoms with Gasteiger partial charge in [0.1, 0.15) is 0 Å². The molecule has 0 spiro atoms. The van der Waals surface area contributed by atoms with E-state index in [1.54, 1.807) is 12.1 Å². The van der Waals surface area contributed by atoms with Crippen molar-refractivity contribution >= 4 is 62.9 Å². The first-order chi connectivity index (χ1) is 12.7. The predicted octanol–water partition coefficient (Wildman–Crippen LogP) is 4.42. The molecule has 26 heavy (non-hydrogen) atoms. The van der Waals surface area contributed by atoms with Gasteiger partial charge in [-0.3, -0.25) is 9.59 Å². The fourth-order valence-corrected chi connectivity index (χ4v) is 4.44. The highest BCUT2D eigenvalue weighted by Gasteiger charge is 2.31. The summed E-state index contributed by atoms with van der Waals surface area (Å²) < 4.78 is 0. The van der Waals surface area contributed by atoms with Crippen LogP contribution in [0.1, 0.15) is 20.7 Å². The van der Waals surface area contributed by atoms with Gasteiger partial charge in [0.25, 0.3) is 0 Å². The van der Waals surface area contributed by atoms with Crippen molar-refractivity contribution in [1.29, 1.82) is 0 Å². The SMILES string of the molecule is [B]N1C(=O)c2ccc3c4cccc5cccc(c6ccc(c2c36)C1=O)c54. The number of hydrogen-bond donors (Lipinski definition) is 0. The summed E-state index contributed by atoms with van der Waals surface area (Å²) in [4.78, 5) is 25.8. The van der Waals surface area contributed by atoms with Crippen LogP contribution in [0.25, 0.3) is 43.1 Å². The molecular weight excluding hydrogens is 321 g/mol. The molecule has 4 heteroatoms. The number of hydrogen-bond acceptors (Lipinski definition) is 2. The van der Waals surface area contributed by atoms with Crippen molar-refractivity contribution in [3.05, 3.63) is 71.8 Å². The number of carbonyl (C=O) groups excluding carboxylic acids is 2. The number of benzene rings is 5. The van der Waals surface area contributed by atoms with Gasteiger partial charge in [-0.25, -0.2) is 0 Å². The zero-order valence-corrected chi connectivity index (χ0v) is 13.6. The third-order valence-electron chi connectivity index (χ3n) is 5.54. The van der Waals surface area contributed by atoms with Gasteiger partial charge in [-0.2, -0.15) is 0 Å². The first kappa shape index (κ1) is 13.8. The monoisotopic (exact) mass is 331 g/mol. The molecule has 0 atom stereocenters. The summed E-state index contributed by atoms with van der Waals surface area (Å²) in [7, 11) is 5.71. The molecule has 5 aromatic carbocycles. The highest BCUT2D eigenvalue weighted by molar-refractivity contribution is 6.42. The van der Waals surface area contributed by atoms with Crippen LogP contribution in [0.15, 0.2) is 60.7 Å². The lowest BCUT2D eigenvalue weighted by atomic mass is 9.84. The van der Waals surface area contributed by atoms with Crippen molar-refractivity contribution in [2.45, 2.75) is 0 Å². The van der Waals surface area contributed by atoms with Gasteiger partial charge in [-0.05, 0) is 49.8 Å². The van der Waals surface area contributed by atoms with Crippen molar-refractivity contribution in [2.24, 2.45) is 0 Å². The molecule has 2 radical (unpaired) electrons. The first-order valence-corrected chi connectivity index (χ1v) is 8.42. The Balaban J connectivity index is 2.00. The van der Waals surface area contributed by atoms with E-state index in [-0.39, 0.29) is 0 Å². The lowest BCUT2D eigenvalue weighted by Gasteiger charge is -2.26. The van der Waals surface area contributed by atoms with Crippen LogP contribution in [0.3, 0.4) is 0 Å². The maximum atomic E-state index is 12.6. The fourth-order valence-electron chi connectivity index (χ4n) is 4.44. The van der Waals surface area contributed by atoms with Gasteiger partial charge in [0.2, 0.25) is 19.8 Å². The predicted molar refractivity (Wildman–Crippen MR) is 104 cm³/mol.